The first-order valence-electron chi connectivity index (χ1n) is 12.5. The second-order valence-electron chi connectivity index (χ2n) is 10.6. The summed E-state index contributed by atoms with van der Waals surface area (Å²) in [5.74, 6) is -0.666. The predicted molar refractivity (Wildman–Crippen MR) is 145 cm³/mol. The Labute approximate surface area is 229 Å². The van der Waals surface area contributed by atoms with E-state index in [1.807, 2.05) is 0 Å². The number of alkyl halides is 2. The lowest BCUT2D eigenvalue weighted by molar-refractivity contribution is 0.269. The van der Waals surface area contributed by atoms with Crippen LogP contribution in [0.2, 0.25) is 0 Å². The molecule has 0 fully saturated rings. The van der Waals surface area contributed by atoms with Crippen molar-refractivity contribution in [2.24, 2.45) is 5.41 Å². The lowest BCUT2D eigenvalue weighted by Gasteiger charge is -2.23. The Balaban J connectivity index is 1.87. The van der Waals surface area contributed by atoms with E-state index in [0.717, 1.165) is 4.68 Å². The van der Waals surface area contributed by atoms with Crippen molar-refractivity contribution >= 4 is 22.3 Å². The molecular formula is C28H28F3N9. The molecule has 12 heteroatoms. The van der Waals surface area contributed by atoms with Gasteiger partial charge in [-0.3, -0.25) is 4.98 Å². The minimum Gasteiger partial charge on any atom is -0.383 e. The molecule has 0 bridgehead atoms. The molecule has 206 valence electrons. The summed E-state index contributed by atoms with van der Waals surface area (Å²) < 4.78 is 41.6. The van der Waals surface area contributed by atoms with Crippen LogP contribution in [0.15, 0.2) is 36.7 Å². The number of nitrogens with zero attached hydrogens (tertiary/aromatic N) is 7. The maximum Gasteiger partial charge on any atom is 0.213 e. The van der Waals surface area contributed by atoms with Gasteiger partial charge in [0.05, 0.1) is 34.6 Å². The fourth-order valence-corrected chi connectivity index (χ4v) is 4.21. The molecule has 0 aliphatic rings. The fourth-order valence-electron chi connectivity index (χ4n) is 4.21. The molecule has 0 aliphatic carbocycles. The molecule has 4 aromatic rings. The van der Waals surface area contributed by atoms with E-state index in [0.29, 0.717) is 51.3 Å². The summed E-state index contributed by atoms with van der Waals surface area (Å²) in [6.07, 6.45) is 2.85. The maximum atomic E-state index is 13.9. The molecule has 40 heavy (non-hydrogen) atoms. The maximum absolute atomic E-state index is 13.9. The Morgan fingerprint density at radius 1 is 1.07 bits per heavy atom. The van der Waals surface area contributed by atoms with Crippen molar-refractivity contribution in [1.29, 1.82) is 10.5 Å². The van der Waals surface area contributed by atoms with E-state index < -0.39 is 31.4 Å². The zero-order valence-corrected chi connectivity index (χ0v) is 22.5. The number of aromatic nitrogens is 5. The number of rotatable bonds is 9. The summed E-state index contributed by atoms with van der Waals surface area (Å²) >= 11 is 0. The number of fused-ring (bicyclic) bond motifs is 1. The molecule has 0 aliphatic heterocycles. The van der Waals surface area contributed by atoms with Crippen LogP contribution in [0.4, 0.5) is 24.5 Å². The first kappa shape index (κ1) is 28.3. The SMILES string of the molecule is Cc1nc(F)ccc1[C@H](Nc1cc(C#N)c2ncc(C#N)c(NCC(C)(C)C)c2c1)c1cn(C(CF)CF)nn1. The van der Waals surface area contributed by atoms with Crippen LogP contribution in [0.5, 0.6) is 0 Å². The van der Waals surface area contributed by atoms with Gasteiger partial charge in [0.25, 0.3) is 0 Å². The summed E-state index contributed by atoms with van der Waals surface area (Å²) in [6, 6.07) is 8.50. The second-order valence-corrected chi connectivity index (χ2v) is 10.6. The van der Waals surface area contributed by atoms with Crippen LogP contribution in [0.3, 0.4) is 0 Å². The minimum absolute atomic E-state index is 0.0999. The highest BCUT2D eigenvalue weighted by Gasteiger charge is 2.24. The Hall–Kier alpha value is -4.71. The lowest BCUT2D eigenvalue weighted by atomic mass is 9.96. The summed E-state index contributed by atoms with van der Waals surface area (Å²) in [7, 11) is 0. The largest absolute Gasteiger partial charge is 0.383 e. The van der Waals surface area contributed by atoms with Crippen LogP contribution >= 0.6 is 0 Å². The predicted octanol–water partition coefficient (Wildman–Crippen LogP) is 5.55. The van der Waals surface area contributed by atoms with Gasteiger partial charge in [-0.05, 0) is 30.5 Å². The second kappa shape index (κ2) is 11.6. The van der Waals surface area contributed by atoms with E-state index in [1.165, 1.54) is 24.5 Å². The van der Waals surface area contributed by atoms with Gasteiger partial charge >= 0.3 is 0 Å². The number of hydrogen-bond donors (Lipinski definition) is 2. The molecule has 3 heterocycles. The molecule has 1 atom stereocenters. The molecule has 0 spiro atoms. The molecular weight excluding hydrogens is 519 g/mol. The van der Waals surface area contributed by atoms with Crippen molar-refractivity contribution in [3.8, 4) is 12.1 Å². The quantitative estimate of drug-likeness (QED) is 0.261. The third-order valence-corrected chi connectivity index (χ3v) is 6.28. The minimum atomic E-state index is -1.13. The van der Waals surface area contributed by atoms with Gasteiger partial charge in [-0.1, -0.05) is 32.1 Å². The number of anilines is 2. The average molecular weight is 548 g/mol. The average Bonchev–Trinajstić information content (AvgIpc) is 3.40. The Morgan fingerprint density at radius 3 is 2.42 bits per heavy atom. The third kappa shape index (κ3) is 5.96. The van der Waals surface area contributed by atoms with Crippen LogP contribution in [-0.2, 0) is 0 Å². The first-order chi connectivity index (χ1) is 19.1. The highest BCUT2D eigenvalue weighted by Crippen LogP contribution is 2.34. The van der Waals surface area contributed by atoms with Gasteiger partial charge < -0.3 is 10.6 Å². The van der Waals surface area contributed by atoms with Crippen molar-refractivity contribution in [2.75, 3.05) is 30.5 Å². The van der Waals surface area contributed by atoms with E-state index in [2.05, 4.69) is 63.8 Å². The normalized spacial score (nSPS) is 12.2. The van der Waals surface area contributed by atoms with Crippen LogP contribution in [0, 0.1) is 40.9 Å². The van der Waals surface area contributed by atoms with Gasteiger partial charge in [-0.2, -0.15) is 14.9 Å². The molecule has 0 unspecified atom stereocenters. The molecule has 3 aromatic heterocycles. The van der Waals surface area contributed by atoms with Crippen molar-refractivity contribution in [3.05, 3.63) is 70.7 Å². The summed E-state index contributed by atoms with van der Waals surface area (Å²) in [4.78, 5) is 8.28. The number of halogens is 3. The summed E-state index contributed by atoms with van der Waals surface area (Å²) in [5, 5.41) is 35.0. The lowest BCUT2D eigenvalue weighted by Crippen LogP contribution is -2.20. The van der Waals surface area contributed by atoms with Crippen molar-refractivity contribution < 1.29 is 13.2 Å². The summed E-state index contributed by atoms with van der Waals surface area (Å²) in [6.45, 7) is 6.40. The van der Waals surface area contributed by atoms with Gasteiger partial charge in [-0.25, -0.2) is 18.4 Å². The number of nitriles is 2. The number of hydrogen-bond acceptors (Lipinski definition) is 8. The van der Waals surface area contributed by atoms with E-state index in [9.17, 15) is 23.7 Å². The highest BCUT2D eigenvalue weighted by atomic mass is 19.1. The van der Waals surface area contributed by atoms with Crippen LogP contribution in [0.1, 0.15) is 60.9 Å². The molecule has 1 aromatic carbocycles. The monoisotopic (exact) mass is 547 g/mol. The molecule has 0 radical (unpaired) electrons. The van der Waals surface area contributed by atoms with Gasteiger partial charge in [-0.15, -0.1) is 5.10 Å². The Kier molecular flexibility index (Phi) is 8.19. The summed E-state index contributed by atoms with van der Waals surface area (Å²) in [5.41, 5.74) is 3.11. The van der Waals surface area contributed by atoms with Crippen molar-refractivity contribution in [1.82, 2.24) is 25.0 Å². The number of nitrogens with one attached hydrogen (secondary N) is 2. The Morgan fingerprint density at radius 2 is 1.80 bits per heavy atom. The van der Waals surface area contributed by atoms with Gasteiger partial charge in [0.2, 0.25) is 5.95 Å². The van der Waals surface area contributed by atoms with Crippen molar-refractivity contribution in [2.45, 2.75) is 39.8 Å². The van der Waals surface area contributed by atoms with E-state index in [-0.39, 0.29) is 11.0 Å². The van der Waals surface area contributed by atoms with Crippen LogP contribution in [0.25, 0.3) is 10.9 Å². The number of aryl methyl sites for hydroxylation is 1. The molecule has 0 saturated carbocycles. The van der Waals surface area contributed by atoms with Crippen molar-refractivity contribution in [3.63, 3.8) is 0 Å². The molecule has 0 amide bonds. The molecule has 4 rings (SSSR count). The van der Waals surface area contributed by atoms with Crippen LogP contribution < -0.4 is 10.6 Å². The molecule has 2 N–H and O–H groups in total. The number of benzene rings is 1. The molecule has 9 nitrogen and oxygen atoms in total. The fraction of sp³-hybridized carbons (Fsp3) is 0.357. The highest BCUT2D eigenvalue weighted by molar-refractivity contribution is 5.99. The van der Waals surface area contributed by atoms with Crippen LogP contribution in [-0.4, -0.2) is 44.9 Å². The van der Waals surface area contributed by atoms with Gasteiger partial charge in [0, 0.05) is 35.1 Å². The number of pyridine rings is 2. The van der Waals surface area contributed by atoms with Gasteiger partial charge in [0.15, 0.2) is 0 Å². The molecule has 0 saturated heterocycles. The third-order valence-electron chi connectivity index (χ3n) is 6.28. The van der Waals surface area contributed by atoms with Gasteiger partial charge in [0.1, 0.15) is 37.2 Å². The topological polar surface area (TPSA) is 128 Å². The van der Waals surface area contributed by atoms with E-state index in [4.69, 9.17) is 0 Å². The zero-order valence-electron chi connectivity index (χ0n) is 22.5. The van der Waals surface area contributed by atoms with E-state index >= 15 is 0 Å². The first-order valence-corrected chi connectivity index (χ1v) is 12.5. The standard InChI is InChI=1S/C28H28F3N9/c1-16-21(5-6-24(31)36-16)27(23-14-40(39-38-23)20(9-29)10-30)37-19-7-17(11-32)25-22(8-19)26(18(12-33)13-34-25)35-15-28(2,3)4/h5-8,13-14,20,27,37H,9-10,15H2,1-4H3,(H,34,35)/t27-/m0/s1. The zero-order chi connectivity index (χ0) is 29.0. The smallest absolute Gasteiger partial charge is 0.213 e. The Bertz CT molecular complexity index is 1610. The van der Waals surface area contributed by atoms with E-state index in [1.54, 1.807) is 19.1 Å².